The molecule has 5 rings (SSSR count). The van der Waals surface area contributed by atoms with E-state index in [0.717, 1.165) is 31.8 Å². The Kier molecular flexibility index (Phi) is 4.84. The Morgan fingerprint density at radius 1 is 1.21 bits per heavy atom. The minimum absolute atomic E-state index is 0.0308. The molecule has 0 radical (unpaired) electrons. The van der Waals surface area contributed by atoms with E-state index in [1.807, 2.05) is 11.8 Å². The third kappa shape index (κ3) is 3.03. The average Bonchev–Trinajstić information content (AvgIpc) is 3.25. The molecule has 3 aliphatic heterocycles. The van der Waals surface area contributed by atoms with E-state index in [2.05, 4.69) is 29.2 Å². The first kappa shape index (κ1) is 18.4. The van der Waals surface area contributed by atoms with Crippen molar-refractivity contribution in [3.05, 3.63) is 35.4 Å². The SMILES string of the molecule is CCOC(=O)N1C2CC3CC1[C@H](O)C2N(Cc1cccc(C2CCCC2)c1)C3. The maximum atomic E-state index is 12.5. The van der Waals surface area contributed by atoms with Crippen molar-refractivity contribution in [2.24, 2.45) is 5.92 Å². The lowest BCUT2D eigenvalue weighted by molar-refractivity contribution is 0.00752. The van der Waals surface area contributed by atoms with Crippen LogP contribution >= 0.6 is 0 Å². The Labute approximate surface area is 167 Å². The van der Waals surface area contributed by atoms with Crippen molar-refractivity contribution < 1.29 is 14.6 Å². The zero-order chi connectivity index (χ0) is 19.3. The van der Waals surface area contributed by atoms with Gasteiger partial charge in [-0.25, -0.2) is 4.79 Å². The van der Waals surface area contributed by atoms with Gasteiger partial charge in [0.05, 0.1) is 30.8 Å². The maximum absolute atomic E-state index is 12.5. The number of benzene rings is 1. The van der Waals surface area contributed by atoms with Crippen LogP contribution in [-0.2, 0) is 11.3 Å². The van der Waals surface area contributed by atoms with Crippen molar-refractivity contribution in [2.45, 2.75) is 82.1 Å². The van der Waals surface area contributed by atoms with Gasteiger partial charge in [0.25, 0.3) is 0 Å². The van der Waals surface area contributed by atoms with Crippen LogP contribution in [0.4, 0.5) is 4.79 Å². The summed E-state index contributed by atoms with van der Waals surface area (Å²) < 4.78 is 5.30. The average molecular weight is 385 g/mol. The van der Waals surface area contributed by atoms with E-state index in [0.29, 0.717) is 12.5 Å². The van der Waals surface area contributed by atoms with Crippen LogP contribution in [0.3, 0.4) is 0 Å². The molecule has 28 heavy (non-hydrogen) atoms. The van der Waals surface area contributed by atoms with E-state index in [4.69, 9.17) is 4.74 Å². The Hall–Kier alpha value is -1.59. The van der Waals surface area contributed by atoms with Crippen molar-refractivity contribution >= 4 is 6.09 Å². The lowest BCUT2D eigenvalue weighted by atomic mass is 9.86. The highest BCUT2D eigenvalue weighted by Crippen LogP contribution is 2.46. The van der Waals surface area contributed by atoms with Gasteiger partial charge in [-0.05, 0) is 55.6 Å². The van der Waals surface area contributed by atoms with E-state index in [1.54, 1.807) is 0 Å². The lowest BCUT2D eigenvalue weighted by Crippen LogP contribution is -2.57. The predicted octanol–water partition coefficient (Wildman–Crippen LogP) is 3.51. The molecule has 1 aromatic carbocycles. The first-order chi connectivity index (χ1) is 13.7. The Morgan fingerprint density at radius 3 is 2.79 bits per heavy atom. The van der Waals surface area contributed by atoms with Crippen molar-refractivity contribution in [1.82, 2.24) is 9.80 Å². The van der Waals surface area contributed by atoms with Crippen molar-refractivity contribution in [3.63, 3.8) is 0 Å². The molecule has 1 aromatic rings. The summed E-state index contributed by atoms with van der Waals surface area (Å²) in [5.41, 5.74) is 2.82. The second-order valence-corrected chi connectivity index (χ2v) is 9.22. The first-order valence-corrected chi connectivity index (χ1v) is 11.1. The topological polar surface area (TPSA) is 53.0 Å². The van der Waals surface area contributed by atoms with E-state index in [1.165, 1.54) is 36.8 Å². The first-order valence-electron chi connectivity index (χ1n) is 11.1. The van der Waals surface area contributed by atoms with Crippen molar-refractivity contribution in [2.75, 3.05) is 13.2 Å². The fraction of sp³-hybridized carbons (Fsp3) is 0.696. The second kappa shape index (κ2) is 7.34. The van der Waals surface area contributed by atoms with Gasteiger partial charge in [0.1, 0.15) is 0 Å². The van der Waals surface area contributed by atoms with Gasteiger partial charge in [0.2, 0.25) is 0 Å². The van der Waals surface area contributed by atoms with E-state index in [-0.39, 0.29) is 24.2 Å². The number of rotatable bonds is 4. The molecule has 3 bridgehead atoms. The van der Waals surface area contributed by atoms with Crippen molar-refractivity contribution in [1.29, 1.82) is 0 Å². The summed E-state index contributed by atoms with van der Waals surface area (Å²) in [6.07, 6.45) is 6.50. The number of hydrogen-bond acceptors (Lipinski definition) is 4. The molecule has 1 saturated carbocycles. The molecule has 5 nitrogen and oxygen atoms in total. The van der Waals surface area contributed by atoms with Crippen LogP contribution in [0.25, 0.3) is 0 Å². The number of hydrogen-bond donors (Lipinski definition) is 1. The standard InChI is InChI=1S/C23H32N2O3/c1-2-28-23(27)25-19-11-16-12-20(25)22(26)21(19)24(14-16)13-15-6-5-9-18(10-15)17-7-3-4-8-17/h5-6,9-10,16-17,19-22,26H,2-4,7-8,11-14H2,1H3/t16?,19?,20?,21?,22-/m0/s1. The van der Waals surface area contributed by atoms with Gasteiger partial charge < -0.3 is 9.84 Å². The van der Waals surface area contributed by atoms with Gasteiger partial charge in [0.15, 0.2) is 0 Å². The number of piperidine rings is 2. The predicted molar refractivity (Wildman–Crippen MR) is 107 cm³/mol. The molecule has 4 fully saturated rings. The molecule has 0 spiro atoms. The molecule has 152 valence electrons. The molecule has 4 unspecified atom stereocenters. The smallest absolute Gasteiger partial charge is 0.410 e. The number of carbonyl (C=O) groups is 1. The summed E-state index contributed by atoms with van der Waals surface area (Å²) in [6, 6.07) is 9.11. The van der Waals surface area contributed by atoms with Crippen LogP contribution in [0, 0.1) is 5.92 Å². The molecule has 3 saturated heterocycles. The maximum Gasteiger partial charge on any atom is 0.410 e. The number of likely N-dealkylation sites (tertiary alicyclic amines) is 1. The third-order valence-electron chi connectivity index (χ3n) is 7.56. The Morgan fingerprint density at radius 2 is 2.00 bits per heavy atom. The lowest BCUT2D eigenvalue weighted by Gasteiger charge is -2.46. The van der Waals surface area contributed by atoms with Gasteiger partial charge in [0, 0.05) is 13.1 Å². The highest BCUT2D eigenvalue weighted by atomic mass is 16.6. The van der Waals surface area contributed by atoms with E-state index >= 15 is 0 Å². The molecule has 5 heteroatoms. The molecular weight excluding hydrogens is 352 g/mol. The van der Waals surface area contributed by atoms with Crippen LogP contribution in [0.1, 0.15) is 62.5 Å². The number of carbonyl (C=O) groups excluding carboxylic acids is 1. The number of aliphatic hydroxyl groups excluding tert-OH is 1. The highest BCUT2D eigenvalue weighted by molar-refractivity contribution is 5.70. The third-order valence-corrected chi connectivity index (χ3v) is 7.56. The Bertz CT molecular complexity index is 732. The van der Waals surface area contributed by atoms with Gasteiger partial charge in [-0.1, -0.05) is 37.1 Å². The van der Waals surface area contributed by atoms with E-state index in [9.17, 15) is 9.90 Å². The summed E-state index contributed by atoms with van der Waals surface area (Å²) in [6.45, 7) is 4.12. The van der Waals surface area contributed by atoms with Crippen LogP contribution < -0.4 is 0 Å². The number of amides is 1. The fourth-order valence-corrected chi connectivity index (χ4v) is 6.46. The molecule has 1 amide bonds. The Balaban J connectivity index is 1.36. The molecule has 3 heterocycles. The zero-order valence-corrected chi connectivity index (χ0v) is 16.8. The van der Waals surface area contributed by atoms with Gasteiger partial charge in [-0.3, -0.25) is 9.80 Å². The summed E-state index contributed by atoms with van der Waals surface area (Å²) in [5.74, 6) is 1.28. The number of ether oxygens (including phenoxy) is 1. The molecule has 0 aromatic heterocycles. The fourth-order valence-electron chi connectivity index (χ4n) is 6.46. The number of aliphatic hydroxyl groups is 1. The summed E-state index contributed by atoms with van der Waals surface area (Å²) in [5, 5.41) is 11.1. The zero-order valence-electron chi connectivity index (χ0n) is 16.8. The summed E-state index contributed by atoms with van der Waals surface area (Å²) >= 11 is 0. The van der Waals surface area contributed by atoms with Crippen LogP contribution in [0.15, 0.2) is 24.3 Å². The van der Waals surface area contributed by atoms with Gasteiger partial charge >= 0.3 is 6.09 Å². The normalized spacial score (nSPS) is 34.9. The second-order valence-electron chi connectivity index (χ2n) is 9.22. The van der Waals surface area contributed by atoms with Crippen LogP contribution in [0.2, 0.25) is 0 Å². The van der Waals surface area contributed by atoms with E-state index < -0.39 is 6.10 Å². The molecule has 1 N–H and O–H groups in total. The van der Waals surface area contributed by atoms with Crippen LogP contribution in [0.5, 0.6) is 0 Å². The number of fused-ring (bicyclic) bond motifs is 2. The van der Waals surface area contributed by atoms with Gasteiger partial charge in [-0.2, -0.15) is 0 Å². The number of nitrogens with zero attached hydrogens (tertiary/aromatic N) is 2. The largest absolute Gasteiger partial charge is 0.450 e. The molecular formula is C23H32N2O3. The van der Waals surface area contributed by atoms with Crippen LogP contribution in [-0.4, -0.2) is 58.4 Å². The quantitative estimate of drug-likeness (QED) is 0.863. The molecule has 5 atom stereocenters. The summed E-state index contributed by atoms with van der Waals surface area (Å²) in [4.78, 5) is 16.8. The molecule has 4 aliphatic rings. The van der Waals surface area contributed by atoms with Gasteiger partial charge in [-0.15, -0.1) is 0 Å². The minimum Gasteiger partial charge on any atom is -0.450 e. The minimum atomic E-state index is -0.472. The van der Waals surface area contributed by atoms with Crippen molar-refractivity contribution in [3.8, 4) is 0 Å². The highest BCUT2D eigenvalue weighted by Gasteiger charge is 2.59. The monoisotopic (exact) mass is 384 g/mol. The molecule has 1 aliphatic carbocycles. The summed E-state index contributed by atoms with van der Waals surface area (Å²) in [7, 11) is 0.